The maximum absolute atomic E-state index is 11.6. The van der Waals surface area contributed by atoms with Gasteiger partial charge in [0.05, 0.1) is 0 Å². The smallest absolute Gasteiger partial charge is 1.00 e. The van der Waals surface area contributed by atoms with Crippen LogP contribution in [0.5, 0.6) is 0 Å². The van der Waals surface area contributed by atoms with E-state index in [4.69, 9.17) is 0 Å². The van der Waals surface area contributed by atoms with Crippen molar-refractivity contribution in [2.75, 3.05) is 0 Å². The van der Waals surface area contributed by atoms with E-state index in [2.05, 4.69) is 18.2 Å². The Bertz CT molecular complexity index is 294. The zero-order valence-corrected chi connectivity index (χ0v) is 9.50. The first-order valence-corrected chi connectivity index (χ1v) is 4.17. The van der Waals surface area contributed by atoms with Crippen molar-refractivity contribution in [2.24, 2.45) is 0 Å². The van der Waals surface area contributed by atoms with Gasteiger partial charge in [-0.2, -0.15) is 25.3 Å². The Hall–Kier alpha value is -0.536. The van der Waals surface area contributed by atoms with Crippen molar-refractivity contribution in [1.82, 2.24) is 0 Å². The van der Waals surface area contributed by atoms with E-state index < -0.39 is 11.7 Å². The molecule has 82 valence electrons. The van der Waals surface area contributed by atoms with Crippen LogP contribution in [0.1, 0.15) is 15.7 Å². The number of alkyl halides is 3. The van der Waals surface area contributed by atoms with Crippen LogP contribution in [0, 0.1) is 12.2 Å². The minimum Gasteiger partial charge on any atom is -1.00 e. The molecule has 0 amide bonds. The van der Waals surface area contributed by atoms with Crippen LogP contribution >= 0.6 is 0 Å². The third-order valence-corrected chi connectivity index (χ3v) is 1.59. The fourth-order valence-electron chi connectivity index (χ4n) is 0.940. The van der Waals surface area contributed by atoms with E-state index in [0.29, 0.717) is 0 Å². The molecule has 0 aliphatic heterocycles. The van der Waals surface area contributed by atoms with Gasteiger partial charge in [0.2, 0.25) is 0 Å². The fraction of sp³-hybridized carbons (Fsp3) is 0.273. The average molecular weight is 248 g/mol. The van der Waals surface area contributed by atoms with E-state index in [1.54, 1.807) is 0 Å². The van der Waals surface area contributed by atoms with Crippen molar-refractivity contribution >= 4 is 0 Å². The Balaban J connectivity index is -0.000000216. The second-order valence-corrected chi connectivity index (χ2v) is 2.70. The molecule has 0 spiro atoms. The number of halogens is 3. The largest absolute Gasteiger partial charge is 2.00 e. The van der Waals surface area contributed by atoms with Crippen LogP contribution in [0.3, 0.4) is 0 Å². The van der Waals surface area contributed by atoms with Crippen molar-refractivity contribution in [1.29, 1.82) is 0 Å². The molecule has 0 unspecified atom stereocenters. The van der Waals surface area contributed by atoms with Gasteiger partial charge in [0.15, 0.2) is 0 Å². The third kappa shape index (κ3) is 5.80. The summed E-state index contributed by atoms with van der Waals surface area (Å²) in [4.78, 5) is 0. The van der Waals surface area contributed by atoms with Crippen LogP contribution < -0.4 is 0 Å². The van der Waals surface area contributed by atoms with Crippen LogP contribution in [-0.4, -0.2) is 6.18 Å². The van der Waals surface area contributed by atoms with Crippen molar-refractivity contribution < 1.29 is 37.7 Å². The number of hydrogen-bond donors (Lipinski definition) is 0. The molecule has 0 aromatic carbocycles. The van der Waals surface area contributed by atoms with Gasteiger partial charge >= 0.3 is 27.9 Å². The summed E-state index contributed by atoms with van der Waals surface area (Å²) in [6.45, 7) is 0. The summed E-state index contributed by atoms with van der Waals surface area (Å²) in [5, 5.41) is 0. The molecule has 15 heavy (non-hydrogen) atoms. The van der Waals surface area contributed by atoms with Crippen LogP contribution in [0.15, 0.2) is 36.0 Å². The van der Waals surface area contributed by atoms with Gasteiger partial charge in [0.1, 0.15) is 0 Å². The van der Waals surface area contributed by atoms with E-state index in [-0.39, 0.29) is 31.0 Å². The Labute approximate surface area is 105 Å². The number of rotatable bonds is 0. The third-order valence-electron chi connectivity index (χ3n) is 1.59. The summed E-state index contributed by atoms with van der Waals surface area (Å²) < 4.78 is 34.8. The molecular formula is C11H11F3Ti-2. The zero-order valence-electron chi connectivity index (χ0n) is 9.93. The van der Waals surface area contributed by atoms with Gasteiger partial charge in [-0.05, 0) is 0 Å². The van der Waals surface area contributed by atoms with Crippen molar-refractivity contribution in [3.05, 3.63) is 48.1 Å². The maximum atomic E-state index is 11.6. The van der Waals surface area contributed by atoms with Gasteiger partial charge in [-0.25, -0.2) is 18.2 Å². The molecule has 2 rings (SSSR count). The van der Waals surface area contributed by atoms with E-state index in [1.165, 1.54) is 6.08 Å². The maximum Gasteiger partial charge on any atom is 2.00 e. The molecule has 0 radical (unpaired) electrons. The second-order valence-electron chi connectivity index (χ2n) is 2.70. The SMILES string of the molecule is FC(F)(F)C1=[C-]CC=C1.[C-]1=CC=CC1.[H-].[H-].[Ti+2]. The van der Waals surface area contributed by atoms with Crippen molar-refractivity contribution in [3.8, 4) is 0 Å². The molecule has 0 N–H and O–H groups in total. The predicted octanol–water partition coefficient (Wildman–Crippen LogP) is 3.77. The van der Waals surface area contributed by atoms with E-state index in [9.17, 15) is 13.2 Å². The molecule has 0 aromatic rings. The van der Waals surface area contributed by atoms with Gasteiger partial charge in [0, 0.05) is 0 Å². The topological polar surface area (TPSA) is 0 Å². The summed E-state index contributed by atoms with van der Waals surface area (Å²) in [6, 6.07) is 0. The summed E-state index contributed by atoms with van der Waals surface area (Å²) in [7, 11) is 0. The molecule has 2 aliphatic carbocycles. The van der Waals surface area contributed by atoms with Crippen LogP contribution in [0.2, 0.25) is 0 Å². The van der Waals surface area contributed by atoms with Gasteiger partial charge in [-0.3, -0.25) is 12.2 Å². The Morgan fingerprint density at radius 1 is 1.20 bits per heavy atom. The first-order valence-electron chi connectivity index (χ1n) is 4.17. The molecule has 2 aliphatic rings. The Morgan fingerprint density at radius 2 is 1.93 bits per heavy atom. The summed E-state index contributed by atoms with van der Waals surface area (Å²) in [6.07, 6.45) is 10.7. The first kappa shape index (κ1) is 14.5. The van der Waals surface area contributed by atoms with E-state index >= 15 is 0 Å². The second kappa shape index (κ2) is 6.86. The molecule has 0 saturated carbocycles. The molecular weight excluding hydrogens is 237 g/mol. The van der Waals surface area contributed by atoms with Gasteiger partial charge < -0.3 is 2.85 Å². The molecule has 0 heterocycles. The molecule has 0 atom stereocenters. The van der Waals surface area contributed by atoms with Crippen LogP contribution in [0.25, 0.3) is 0 Å². The van der Waals surface area contributed by atoms with E-state index in [1.807, 2.05) is 12.2 Å². The van der Waals surface area contributed by atoms with Gasteiger partial charge in [0.25, 0.3) is 0 Å². The molecule has 0 aromatic heterocycles. The molecule has 4 heteroatoms. The average Bonchev–Trinajstić information content (AvgIpc) is 2.80. The summed E-state index contributed by atoms with van der Waals surface area (Å²) in [5.41, 5.74) is -0.650. The van der Waals surface area contributed by atoms with Crippen LogP contribution in [-0.2, 0) is 21.7 Å². The summed E-state index contributed by atoms with van der Waals surface area (Å²) in [5.74, 6) is 0. The van der Waals surface area contributed by atoms with Gasteiger partial charge in [-0.1, -0.05) is 0 Å². The van der Waals surface area contributed by atoms with Crippen molar-refractivity contribution in [2.45, 2.75) is 19.0 Å². The normalized spacial score (nSPS) is 16.9. The fourth-order valence-corrected chi connectivity index (χ4v) is 0.940. The zero-order chi connectivity index (χ0) is 10.4. The van der Waals surface area contributed by atoms with Crippen molar-refractivity contribution in [3.63, 3.8) is 0 Å². The predicted molar refractivity (Wildman–Crippen MR) is 50.4 cm³/mol. The first-order chi connectivity index (χ1) is 6.61. The monoisotopic (exact) mass is 248 g/mol. The Morgan fingerprint density at radius 3 is 2.13 bits per heavy atom. The number of allylic oxidation sites excluding steroid dienone is 8. The van der Waals surface area contributed by atoms with Gasteiger partial charge in [-0.15, -0.1) is 18.4 Å². The quantitative estimate of drug-likeness (QED) is 0.452. The molecule has 0 fully saturated rings. The molecule has 0 bridgehead atoms. The minimum atomic E-state index is -4.20. The summed E-state index contributed by atoms with van der Waals surface area (Å²) >= 11 is 0. The molecule has 0 nitrogen and oxygen atoms in total. The Kier molecular flexibility index (Phi) is 6.61. The standard InChI is InChI=1S/C6H4F3.C5H5.Ti.2H/c7-6(8,9)5-3-1-2-4-5;1-2-4-5-3-1;;;/h1,3H,2H2;1-3H,4H2;;;/q2*-1;+2;2*-1. The van der Waals surface area contributed by atoms with E-state index in [0.717, 1.165) is 12.5 Å². The number of hydrogen-bond acceptors (Lipinski definition) is 0. The van der Waals surface area contributed by atoms with Crippen LogP contribution in [0.4, 0.5) is 13.2 Å². The minimum absolute atomic E-state index is 0. The molecule has 0 saturated heterocycles.